The van der Waals surface area contributed by atoms with Gasteiger partial charge in [-0.15, -0.1) is 0 Å². The zero-order valence-corrected chi connectivity index (χ0v) is 11.4. The van der Waals surface area contributed by atoms with Crippen LogP contribution in [0.4, 0.5) is 0 Å². The zero-order chi connectivity index (χ0) is 12.6. The van der Waals surface area contributed by atoms with Gasteiger partial charge in [0.2, 0.25) is 0 Å². The minimum atomic E-state index is 0.203. The lowest BCUT2D eigenvalue weighted by atomic mass is 9.88. The largest absolute Gasteiger partial charge is 0.329 e. The molecule has 1 saturated carbocycles. The first kappa shape index (κ1) is 12.2. The summed E-state index contributed by atoms with van der Waals surface area (Å²) in [7, 11) is 0. The molecule has 1 heterocycles. The number of benzene rings is 1. The fourth-order valence-electron chi connectivity index (χ4n) is 3.24. The second-order valence-electron chi connectivity index (χ2n) is 6.29. The van der Waals surface area contributed by atoms with Gasteiger partial charge >= 0.3 is 0 Å². The minimum absolute atomic E-state index is 0.203. The van der Waals surface area contributed by atoms with Gasteiger partial charge in [-0.2, -0.15) is 0 Å². The van der Waals surface area contributed by atoms with Crippen LogP contribution in [0, 0.1) is 5.92 Å². The van der Waals surface area contributed by atoms with Crippen LogP contribution in [-0.2, 0) is 13.0 Å². The molecule has 0 spiro atoms. The van der Waals surface area contributed by atoms with E-state index in [9.17, 15) is 0 Å². The monoisotopic (exact) mass is 244 g/mol. The molecule has 1 fully saturated rings. The second-order valence-corrected chi connectivity index (χ2v) is 6.29. The molecule has 1 aromatic rings. The van der Waals surface area contributed by atoms with Crippen molar-refractivity contribution in [3.8, 4) is 0 Å². The molecule has 98 valence electrons. The maximum absolute atomic E-state index is 6.09. The van der Waals surface area contributed by atoms with Gasteiger partial charge in [0.25, 0.3) is 0 Å². The SMILES string of the molecule is CC(CN)(CC1CC1)N1CCc2ccccc2C1. The van der Waals surface area contributed by atoms with E-state index in [-0.39, 0.29) is 5.54 Å². The lowest BCUT2D eigenvalue weighted by Crippen LogP contribution is -2.53. The van der Waals surface area contributed by atoms with Gasteiger partial charge < -0.3 is 5.73 Å². The molecule has 2 N–H and O–H groups in total. The van der Waals surface area contributed by atoms with Gasteiger partial charge in [-0.25, -0.2) is 0 Å². The molecule has 1 atom stereocenters. The van der Waals surface area contributed by atoms with Crippen molar-refractivity contribution in [3.05, 3.63) is 35.4 Å². The molecule has 18 heavy (non-hydrogen) atoms. The van der Waals surface area contributed by atoms with Crippen LogP contribution in [-0.4, -0.2) is 23.5 Å². The highest BCUT2D eigenvalue weighted by Gasteiger charge is 2.37. The Kier molecular flexibility index (Phi) is 3.16. The molecule has 3 rings (SSSR count). The average Bonchev–Trinajstić information content (AvgIpc) is 3.22. The third-order valence-corrected chi connectivity index (χ3v) is 4.76. The predicted octanol–water partition coefficient (Wildman–Crippen LogP) is 2.56. The average molecular weight is 244 g/mol. The maximum atomic E-state index is 6.09. The number of nitrogens with two attached hydrogens (primary N) is 1. The summed E-state index contributed by atoms with van der Waals surface area (Å²) in [6.45, 7) is 5.39. The topological polar surface area (TPSA) is 29.3 Å². The van der Waals surface area contributed by atoms with Crippen molar-refractivity contribution in [1.29, 1.82) is 0 Å². The molecular weight excluding hydrogens is 220 g/mol. The van der Waals surface area contributed by atoms with Crippen molar-refractivity contribution in [3.63, 3.8) is 0 Å². The van der Waals surface area contributed by atoms with Crippen LogP contribution in [0.25, 0.3) is 0 Å². The number of rotatable bonds is 4. The second kappa shape index (κ2) is 4.67. The van der Waals surface area contributed by atoms with Crippen molar-refractivity contribution < 1.29 is 0 Å². The van der Waals surface area contributed by atoms with Gasteiger partial charge in [-0.3, -0.25) is 4.90 Å². The fourth-order valence-corrected chi connectivity index (χ4v) is 3.24. The normalized spacial score (nSPS) is 23.4. The van der Waals surface area contributed by atoms with Crippen molar-refractivity contribution >= 4 is 0 Å². The Morgan fingerprint density at radius 2 is 2.00 bits per heavy atom. The summed E-state index contributed by atoms with van der Waals surface area (Å²) in [6.07, 6.45) is 5.29. The smallest absolute Gasteiger partial charge is 0.0309 e. The summed E-state index contributed by atoms with van der Waals surface area (Å²) in [5.74, 6) is 0.940. The quantitative estimate of drug-likeness (QED) is 0.882. The highest BCUT2D eigenvalue weighted by molar-refractivity contribution is 5.29. The molecule has 1 aliphatic carbocycles. The molecule has 1 unspecified atom stereocenters. The lowest BCUT2D eigenvalue weighted by Gasteiger charge is -2.43. The predicted molar refractivity (Wildman–Crippen MR) is 75.4 cm³/mol. The first-order valence-corrected chi connectivity index (χ1v) is 7.23. The van der Waals surface area contributed by atoms with E-state index < -0.39 is 0 Å². The fraction of sp³-hybridized carbons (Fsp3) is 0.625. The van der Waals surface area contributed by atoms with E-state index >= 15 is 0 Å². The third kappa shape index (κ3) is 2.32. The Morgan fingerprint density at radius 3 is 2.67 bits per heavy atom. The Bertz CT molecular complexity index is 425. The molecule has 2 nitrogen and oxygen atoms in total. The van der Waals surface area contributed by atoms with Crippen LogP contribution < -0.4 is 5.73 Å². The van der Waals surface area contributed by atoms with E-state index in [0.717, 1.165) is 25.6 Å². The highest BCUT2D eigenvalue weighted by Crippen LogP contribution is 2.39. The molecule has 0 aromatic heterocycles. The lowest BCUT2D eigenvalue weighted by molar-refractivity contribution is 0.0815. The molecule has 1 aromatic carbocycles. The summed E-state index contributed by atoms with van der Waals surface area (Å²) in [5.41, 5.74) is 9.32. The Balaban J connectivity index is 1.76. The summed E-state index contributed by atoms with van der Waals surface area (Å²) >= 11 is 0. The molecule has 0 radical (unpaired) electrons. The minimum Gasteiger partial charge on any atom is -0.329 e. The van der Waals surface area contributed by atoms with E-state index in [1.165, 1.54) is 36.8 Å². The van der Waals surface area contributed by atoms with Gasteiger partial charge in [0.15, 0.2) is 0 Å². The Hall–Kier alpha value is -0.860. The van der Waals surface area contributed by atoms with E-state index in [0.29, 0.717) is 0 Å². The summed E-state index contributed by atoms with van der Waals surface area (Å²) < 4.78 is 0. The molecule has 0 saturated heterocycles. The maximum Gasteiger partial charge on any atom is 0.0309 e. The van der Waals surface area contributed by atoms with Crippen molar-refractivity contribution in [2.75, 3.05) is 13.1 Å². The van der Waals surface area contributed by atoms with Gasteiger partial charge in [0.05, 0.1) is 0 Å². The summed E-state index contributed by atoms with van der Waals surface area (Å²) in [5, 5.41) is 0. The molecular formula is C16H24N2. The molecule has 0 bridgehead atoms. The third-order valence-electron chi connectivity index (χ3n) is 4.76. The van der Waals surface area contributed by atoms with E-state index in [1.54, 1.807) is 0 Å². The molecule has 1 aliphatic heterocycles. The van der Waals surface area contributed by atoms with E-state index in [2.05, 4.69) is 36.1 Å². The number of fused-ring (bicyclic) bond motifs is 1. The van der Waals surface area contributed by atoms with Gasteiger partial charge in [-0.1, -0.05) is 37.1 Å². The Labute approximate surface area is 110 Å². The van der Waals surface area contributed by atoms with Crippen LogP contribution in [0.3, 0.4) is 0 Å². The van der Waals surface area contributed by atoms with Crippen LogP contribution in [0.5, 0.6) is 0 Å². The van der Waals surface area contributed by atoms with E-state index in [4.69, 9.17) is 5.73 Å². The molecule has 2 heteroatoms. The number of nitrogens with zero attached hydrogens (tertiary/aromatic N) is 1. The van der Waals surface area contributed by atoms with Gasteiger partial charge in [0.1, 0.15) is 0 Å². The first-order valence-electron chi connectivity index (χ1n) is 7.23. The zero-order valence-electron chi connectivity index (χ0n) is 11.4. The van der Waals surface area contributed by atoms with E-state index in [1.807, 2.05) is 0 Å². The number of hydrogen-bond acceptors (Lipinski definition) is 2. The standard InChI is InChI=1S/C16H24N2/c1-16(12-17,10-13-6-7-13)18-9-8-14-4-2-3-5-15(14)11-18/h2-5,13H,6-12,17H2,1H3. The Morgan fingerprint density at radius 1 is 1.28 bits per heavy atom. The highest BCUT2D eigenvalue weighted by atomic mass is 15.2. The van der Waals surface area contributed by atoms with Crippen molar-refractivity contribution in [1.82, 2.24) is 4.90 Å². The van der Waals surface area contributed by atoms with Gasteiger partial charge in [-0.05, 0) is 36.8 Å². The molecule has 0 amide bonds. The van der Waals surface area contributed by atoms with Crippen molar-refractivity contribution in [2.24, 2.45) is 11.7 Å². The first-order chi connectivity index (χ1) is 8.71. The van der Waals surface area contributed by atoms with Crippen LogP contribution >= 0.6 is 0 Å². The van der Waals surface area contributed by atoms with Crippen molar-refractivity contribution in [2.45, 2.75) is 44.7 Å². The van der Waals surface area contributed by atoms with Crippen LogP contribution in [0.2, 0.25) is 0 Å². The van der Waals surface area contributed by atoms with Gasteiger partial charge in [0, 0.05) is 25.2 Å². The summed E-state index contributed by atoms with van der Waals surface area (Å²) in [6, 6.07) is 8.85. The molecule has 2 aliphatic rings. The summed E-state index contributed by atoms with van der Waals surface area (Å²) in [4.78, 5) is 2.62. The van der Waals surface area contributed by atoms with Crippen LogP contribution in [0.15, 0.2) is 24.3 Å². The number of hydrogen-bond donors (Lipinski definition) is 1. The van der Waals surface area contributed by atoms with Crippen LogP contribution in [0.1, 0.15) is 37.3 Å².